The number of hydrogen-bond donors (Lipinski definition) is 2. The zero-order valence-corrected chi connectivity index (χ0v) is 20.2. The van der Waals surface area contributed by atoms with Crippen molar-refractivity contribution in [3.05, 3.63) is 63.1 Å². The normalized spacial score (nSPS) is 19.7. The Bertz CT molecular complexity index is 1180. The lowest BCUT2D eigenvalue weighted by Crippen LogP contribution is -2.42. The van der Waals surface area contributed by atoms with Crippen LogP contribution in [0.5, 0.6) is 0 Å². The fourth-order valence-corrected chi connectivity index (χ4v) is 4.32. The fourth-order valence-electron chi connectivity index (χ4n) is 3.80. The lowest BCUT2D eigenvalue weighted by atomic mass is 9.86. The Morgan fingerprint density at radius 2 is 1.74 bits per heavy atom. The van der Waals surface area contributed by atoms with Crippen LogP contribution >= 0.6 is 23.2 Å². The summed E-state index contributed by atoms with van der Waals surface area (Å²) in [7, 11) is 0. The minimum Gasteiger partial charge on any atom is -0.374 e. The van der Waals surface area contributed by atoms with Crippen molar-refractivity contribution in [2.45, 2.75) is 56.8 Å². The number of nitrogens with zero attached hydrogens (tertiary/aromatic N) is 1. The summed E-state index contributed by atoms with van der Waals surface area (Å²) in [5.74, 6) is -0.495. The molecule has 35 heavy (non-hydrogen) atoms. The minimum absolute atomic E-state index is 0.0244. The summed E-state index contributed by atoms with van der Waals surface area (Å²) in [4.78, 5) is 29.0. The van der Waals surface area contributed by atoms with Crippen LogP contribution in [0, 0.1) is 6.92 Å². The number of aryl methyl sites for hydroxylation is 1. The van der Waals surface area contributed by atoms with Crippen molar-refractivity contribution < 1.29 is 27.6 Å². The average molecular weight is 528 g/mol. The number of amides is 2. The number of carbonyl (C=O) groups is 2. The summed E-state index contributed by atoms with van der Waals surface area (Å²) in [6.45, 7) is 1.71. The Labute approximate surface area is 209 Å². The molecule has 186 valence electrons. The Kier molecular flexibility index (Phi) is 7.02. The van der Waals surface area contributed by atoms with E-state index in [1.807, 2.05) is 0 Å². The maximum Gasteiger partial charge on any atom is 0.435 e. The van der Waals surface area contributed by atoms with E-state index in [1.165, 1.54) is 6.07 Å². The Balaban J connectivity index is 1.46. The van der Waals surface area contributed by atoms with Gasteiger partial charge in [0.05, 0.1) is 5.71 Å². The summed E-state index contributed by atoms with van der Waals surface area (Å²) < 4.78 is 42.5. The molecule has 1 heterocycles. The number of carbonyl (C=O) groups excluding carboxylic acids is 2. The predicted molar refractivity (Wildman–Crippen MR) is 127 cm³/mol. The van der Waals surface area contributed by atoms with Gasteiger partial charge in [-0.1, -0.05) is 34.4 Å². The summed E-state index contributed by atoms with van der Waals surface area (Å²) >= 11 is 11.9. The lowest BCUT2D eigenvalue weighted by Gasteiger charge is -2.29. The maximum absolute atomic E-state index is 14.2. The molecule has 1 fully saturated rings. The molecule has 0 aromatic heterocycles. The van der Waals surface area contributed by atoms with Crippen molar-refractivity contribution in [1.29, 1.82) is 0 Å². The molecule has 1 unspecified atom stereocenters. The van der Waals surface area contributed by atoms with Gasteiger partial charge in [0.1, 0.15) is 0 Å². The third-order valence-corrected chi connectivity index (χ3v) is 6.31. The molecule has 2 aromatic carbocycles. The number of benzene rings is 2. The number of alkyl halides is 3. The number of halogens is 5. The van der Waals surface area contributed by atoms with Gasteiger partial charge in [-0.25, -0.2) is 0 Å². The largest absolute Gasteiger partial charge is 0.435 e. The van der Waals surface area contributed by atoms with Gasteiger partial charge >= 0.3 is 6.18 Å². The Morgan fingerprint density at radius 3 is 2.34 bits per heavy atom. The highest BCUT2D eigenvalue weighted by Gasteiger charge is 2.62. The number of hydrogen-bond acceptors (Lipinski definition) is 4. The van der Waals surface area contributed by atoms with Gasteiger partial charge in [-0.15, -0.1) is 0 Å². The van der Waals surface area contributed by atoms with Crippen molar-refractivity contribution in [3.8, 4) is 0 Å². The van der Waals surface area contributed by atoms with E-state index >= 15 is 0 Å². The van der Waals surface area contributed by atoms with Gasteiger partial charge in [0.15, 0.2) is 0 Å². The van der Waals surface area contributed by atoms with Gasteiger partial charge in [-0.05, 0) is 61.2 Å². The van der Waals surface area contributed by atoms with Crippen LogP contribution in [-0.2, 0) is 20.0 Å². The molecule has 0 radical (unpaired) electrons. The second-order valence-corrected chi connectivity index (χ2v) is 9.58. The monoisotopic (exact) mass is 527 g/mol. The van der Waals surface area contributed by atoms with E-state index in [4.69, 9.17) is 28.0 Å². The number of rotatable bonds is 7. The first kappa shape index (κ1) is 25.3. The molecular weight excluding hydrogens is 506 g/mol. The van der Waals surface area contributed by atoms with Crippen LogP contribution in [0.2, 0.25) is 10.0 Å². The highest BCUT2D eigenvalue weighted by atomic mass is 35.5. The quantitative estimate of drug-likeness (QED) is 0.471. The van der Waals surface area contributed by atoms with Crippen molar-refractivity contribution >= 4 is 46.4 Å². The van der Waals surface area contributed by atoms with Crippen molar-refractivity contribution in [3.63, 3.8) is 0 Å². The van der Waals surface area contributed by atoms with Crippen molar-refractivity contribution in [2.24, 2.45) is 5.16 Å². The van der Waals surface area contributed by atoms with Crippen LogP contribution in [-0.4, -0.2) is 29.7 Å². The molecule has 2 aromatic rings. The number of nitrogens with one attached hydrogen (secondary N) is 2. The van der Waals surface area contributed by atoms with E-state index in [2.05, 4.69) is 15.8 Å². The van der Waals surface area contributed by atoms with Gasteiger partial charge in [-0.3, -0.25) is 9.59 Å². The zero-order valence-electron chi connectivity index (χ0n) is 18.6. The van der Waals surface area contributed by atoms with Crippen molar-refractivity contribution in [1.82, 2.24) is 5.32 Å². The van der Waals surface area contributed by atoms with Crippen molar-refractivity contribution in [2.75, 3.05) is 5.32 Å². The second kappa shape index (κ2) is 9.70. The van der Waals surface area contributed by atoms with Crippen LogP contribution in [0.3, 0.4) is 0 Å². The van der Waals surface area contributed by atoms with Crippen LogP contribution in [0.1, 0.15) is 48.8 Å². The highest BCUT2D eigenvalue weighted by molar-refractivity contribution is 6.34. The van der Waals surface area contributed by atoms with Crippen LogP contribution in [0.25, 0.3) is 0 Å². The van der Waals surface area contributed by atoms with E-state index in [1.54, 1.807) is 25.1 Å². The maximum atomic E-state index is 14.2. The standard InChI is InChI=1S/C24H22Cl2F3N3O3/c1-13-8-14(2-5-19(13)31-22(34)7-6-21(33)30-18-3-4-18)20-12-23(35-32-20,24(27,28)29)15-9-16(25)11-17(26)10-15/h2,5,8-11,18H,3-4,6-7,12H2,1H3,(H,30,33)(H,31,34). The molecule has 6 nitrogen and oxygen atoms in total. The molecule has 1 aliphatic heterocycles. The van der Waals surface area contributed by atoms with Crippen LogP contribution in [0.15, 0.2) is 41.6 Å². The molecule has 1 aliphatic carbocycles. The topological polar surface area (TPSA) is 79.8 Å². The molecule has 0 spiro atoms. The van der Waals surface area contributed by atoms with E-state index < -0.39 is 18.2 Å². The number of anilines is 1. The molecule has 4 rings (SSSR count). The van der Waals surface area contributed by atoms with E-state index in [0.717, 1.165) is 25.0 Å². The molecule has 2 amide bonds. The van der Waals surface area contributed by atoms with Gasteiger partial charge < -0.3 is 15.5 Å². The zero-order chi connectivity index (χ0) is 25.4. The predicted octanol–water partition coefficient (Wildman–Crippen LogP) is 5.88. The highest BCUT2D eigenvalue weighted by Crippen LogP contribution is 2.49. The summed E-state index contributed by atoms with van der Waals surface area (Å²) in [5.41, 5.74) is -1.34. The summed E-state index contributed by atoms with van der Waals surface area (Å²) in [5, 5.41) is 9.40. The molecular formula is C24H22Cl2F3N3O3. The van der Waals surface area contributed by atoms with E-state index in [0.29, 0.717) is 16.8 Å². The van der Waals surface area contributed by atoms with Gasteiger partial charge in [0.25, 0.3) is 5.60 Å². The number of oxime groups is 1. The molecule has 1 saturated carbocycles. The third kappa shape index (κ3) is 5.73. The first-order valence-electron chi connectivity index (χ1n) is 11.0. The first-order chi connectivity index (χ1) is 16.5. The summed E-state index contributed by atoms with van der Waals surface area (Å²) in [6.07, 6.45) is -3.32. The second-order valence-electron chi connectivity index (χ2n) is 8.71. The van der Waals surface area contributed by atoms with Gasteiger partial charge in [-0.2, -0.15) is 13.2 Å². The fraction of sp³-hybridized carbons (Fsp3) is 0.375. The summed E-state index contributed by atoms with van der Waals surface area (Å²) in [6, 6.07) is 8.65. The molecule has 0 bridgehead atoms. The molecule has 11 heteroatoms. The minimum atomic E-state index is -4.79. The van der Waals surface area contributed by atoms with Gasteiger partial charge in [0, 0.05) is 46.6 Å². The smallest absolute Gasteiger partial charge is 0.374 e. The molecule has 2 N–H and O–H groups in total. The van der Waals surface area contributed by atoms with Crippen LogP contribution in [0.4, 0.5) is 18.9 Å². The molecule has 0 saturated heterocycles. The van der Waals surface area contributed by atoms with E-state index in [-0.39, 0.29) is 52.0 Å². The third-order valence-electron chi connectivity index (χ3n) is 5.87. The SMILES string of the molecule is Cc1cc(C2=NOC(c3cc(Cl)cc(Cl)c3)(C(F)(F)F)C2)ccc1NC(=O)CCC(=O)NC1CC1. The van der Waals surface area contributed by atoms with E-state index in [9.17, 15) is 22.8 Å². The first-order valence-corrected chi connectivity index (χ1v) is 11.7. The lowest BCUT2D eigenvalue weighted by molar-refractivity contribution is -0.275. The van der Waals surface area contributed by atoms with Crippen LogP contribution < -0.4 is 10.6 Å². The van der Waals surface area contributed by atoms with Gasteiger partial charge in [0.2, 0.25) is 11.8 Å². The Morgan fingerprint density at radius 1 is 1.09 bits per heavy atom. The molecule has 1 atom stereocenters. The molecule has 2 aliphatic rings. The average Bonchev–Trinajstić information content (AvgIpc) is 3.44. The Hall–Kier alpha value is -2.78.